The predicted molar refractivity (Wildman–Crippen MR) is 94.8 cm³/mol. The molecule has 0 radical (unpaired) electrons. The topological polar surface area (TPSA) is 105 Å². The van der Waals surface area contributed by atoms with Gasteiger partial charge in [0.2, 0.25) is 0 Å². The highest BCUT2D eigenvalue weighted by atomic mass is 35.5. The Kier molecular flexibility index (Phi) is 6.15. The molecule has 0 fully saturated rings. The molecule has 0 heterocycles. The molecule has 2 aromatic carbocycles. The Bertz CT molecular complexity index is 855. The van der Waals surface area contributed by atoms with E-state index in [2.05, 4.69) is 5.32 Å². The third kappa shape index (κ3) is 5.37. The summed E-state index contributed by atoms with van der Waals surface area (Å²) < 4.78 is 5.28. The molecule has 3 N–H and O–H groups in total. The third-order valence-electron chi connectivity index (χ3n) is 3.06. The molecule has 0 saturated carbocycles. The number of benzene rings is 2. The smallest absolute Gasteiger partial charge is 0.266 e. The molecule has 2 rings (SSSR count). The van der Waals surface area contributed by atoms with Gasteiger partial charge in [-0.2, -0.15) is 5.26 Å². The van der Waals surface area contributed by atoms with Crippen LogP contribution in [-0.2, 0) is 9.59 Å². The van der Waals surface area contributed by atoms with E-state index >= 15 is 0 Å². The Morgan fingerprint density at radius 2 is 1.88 bits per heavy atom. The molecule has 25 heavy (non-hydrogen) atoms. The van der Waals surface area contributed by atoms with Crippen LogP contribution in [0.1, 0.15) is 5.56 Å². The number of hydrogen-bond acceptors (Lipinski definition) is 4. The number of carbonyl (C=O) groups is 2. The van der Waals surface area contributed by atoms with Crippen LogP contribution in [0.25, 0.3) is 6.08 Å². The third-order valence-corrected chi connectivity index (χ3v) is 3.31. The van der Waals surface area contributed by atoms with Crippen molar-refractivity contribution >= 4 is 35.2 Å². The SMILES string of the molecule is N#C/C(=C\c1ccccc1OCC(N)=O)C(=O)Nc1ccc(Cl)cc1. The second-order valence-corrected chi connectivity index (χ2v) is 5.36. The Balaban J connectivity index is 2.22. The minimum absolute atomic E-state index is 0.120. The molecule has 0 aliphatic heterocycles. The number of nitriles is 1. The molecule has 0 aliphatic rings. The summed E-state index contributed by atoms with van der Waals surface area (Å²) in [5.41, 5.74) is 5.92. The van der Waals surface area contributed by atoms with Crippen molar-refractivity contribution in [2.24, 2.45) is 5.73 Å². The summed E-state index contributed by atoms with van der Waals surface area (Å²) in [6, 6.07) is 15.0. The number of halogens is 1. The van der Waals surface area contributed by atoms with Crippen LogP contribution in [0.2, 0.25) is 5.02 Å². The number of rotatable bonds is 6. The lowest BCUT2D eigenvalue weighted by Gasteiger charge is -2.08. The average Bonchev–Trinajstić information content (AvgIpc) is 2.60. The van der Waals surface area contributed by atoms with Crippen molar-refractivity contribution in [2.45, 2.75) is 0 Å². The maximum Gasteiger partial charge on any atom is 0.266 e. The van der Waals surface area contributed by atoms with Crippen LogP contribution in [0, 0.1) is 11.3 Å². The van der Waals surface area contributed by atoms with Gasteiger partial charge in [0.1, 0.15) is 17.4 Å². The van der Waals surface area contributed by atoms with Crippen molar-refractivity contribution in [2.75, 3.05) is 11.9 Å². The highest BCUT2D eigenvalue weighted by Gasteiger charge is 2.11. The number of para-hydroxylation sites is 1. The van der Waals surface area contributed by atoms with Gasteiger partial charge in [-0.3, -0.25) is 9.59 Å². The van der Waals surface area contributed by atoms with Crippen LogP contribution in [0.3, 0.4) is 0 Å². The van der Waals surface area contributed by atoms with Crippen molar-refractivity contribution in [3.05, 3.63) is 64.7 Å². The van der Waals surface area contributed by atoms with E-state index in [1.54, 1.807) is 48.5 Å². The highest BCUT2D eigenvalue weighted by molar-refractivity contribution is 6.30. The summed E-state index contributed by atoms with van der Waals surface area (Å²) in [6.07, 6.45) is 1.38. The largest absolute Gasteiger partial charge is 0.483 e. The van der Waals surface area contributed by atoms with Gasteiger partial charge in [0.15, 0.2) is 6.61 Å². The molecule has 0 aliphatic carbocycles. The summed E-state index contributed by atoms with van der Waals surface area (Å²) >= 11 is 5.79. The lowest BCUT2D eigenvalue weighted by Crippen LogP contribution is -2.20. The van der Waals surface area contributed by atoms with E-state index in [0.29, 0.717) is 22.0 Å². The van der Waals surface area contributed by atoms with E-state index in [1.807, 2.05) is 6.07 Å². The van der Waals surface area contributed by atoms with Gasteiger partial charge in [-0.15, -0.1) is 0 Å². The number of amides is 2. The van der Waals surface area contributed by atoms with Crippen molar-refractivity contribution in [1.82, 2.24) is 0 Å². The van der Waals surface area contributed by atoms with Gasteiger partial charge in [0.05, 0.1) is 0 Å². The first-order valence-corrected chi connectivity index (χ1v) is 7.56. The van der Waals surface area contributed by atoms with Crippen molar-refractivity contribution in [1.29, 1.82) is 5.26 Å². The standard InChI is InChI=1S/C18H14ClN3O3/c19-14-5-7-15(8-6-14)22-18(24)13(10-20)9-12-3-1-2-4-16(12)25-11-17(21)23/h1-9H,11H2,(H2,21,23)(H,22,24)/b13-9+. The Hall–Kier alpha value is -3.30. The number of carbonyl (C=O) groups excluding carboxylic acids is 2. The van der Waals surface area contributed by atoms with E-state index in [9.17, 15) is 14.9 Å². The number of hydrogen-bond donors (Lipinski definition) is 2. The molecule has 0 saturated heterocycles. The van der Waals surface area contributed by atoms with E-state index in [0.717, 1.165) is 0 Å². The summed E-state index contributed by atoms with van der Waals surface area (Å²) in [4.78, 5) is 23.1. The van der Waals surface area contributed by atoms with Gasteiger partial charge in [-0.25, -0.2) is 0 Å². The second kappa shape index (κ2) is 8.52. The average molecular weight is 356 g/mol. The van der Waals surface area contributed by atoms with E-state index in [1.165, 1.54) is 6.08 Å². The highest BCUT2D eigenvalue weighted by Crippen LogP contribution is 2.21. The number of anilines is 1. The van der Waals surface area contributed by atoms with Crippen molar-refractivity contribution < 1.29 is 14.3 Å². The van der Waals surface area contributed by atoms with Crippen LogP contribution < -0.4 is 15.8 Å². The summed E-state index contributed by atoms with van der Waals surface area (Å²) in [5, 5.41) is 12.4. The number of nitrogens with zero attached hydrogens (tertiary/aromatic N) is 1. The molecule has 0 atom stereocenters. The number of nitrogens with two attached hydrogens (primary N) is 1. The fourth-order valence-corrected chi connectivity index (χ4v) is 2.04. The van der Waals surface area contributed by atoms with Gasteiger partial charge in [0.25, 0.3) is 11.8 Å². The summed E-state index contributed by atoms with van der Waals surface area (Å²) in [5.74, 6) is -0.859. The van der Waals surface area contributed by atoms with Gasteiger partial charge in [-0.05, 0) is 36.4 Å². The van der Waals surface area contributed by atoms with Gasteiger partial charge in [0, 0.05) is 16.3 Å². The molecular formula is C18H14ClN3O3. The van der Waals surface area contributed by atoms with Crippen LogP contribution in [-0.4, -0.2) is 18.4 Å². The maximum absolute atomic E-state index is 12.3. The first-order chi connectivity index (χ1) is 12.0. The zero-order valence-electron chi connectivity index (χ0n) is 13.0. The molecule has 0 unspecified atom stereocenters. The summed E-state index contributed by atoms with van der Waals surface area (Å²) in [7, 11) is 0. The number of ether oxygens (including phenoxy) is 1. The molecule has 7 heteroatoms. The fraction of sp³-hybridized carbons (Fsp3) is 0.0556. The molecule has 2 aromatic rings. The molecule has 6 nitrogen and oxygen atoms in total. The Morgan fingerprint density at radius 3 is 2.52 bits per heavy atom. The first-order valence-electron chi connectivity index (χ1n) is 7.18. The molecule has 126 valence electrons. The molecular weight excluding hydrogens is 342 g/mol. The molecule has 0 aromatic heterocycles. The normalized spacial score (nSPS) is 10.6. The van der Waals surface area contributed by atoms with Crippen molar-refractivity contribution in [3.8, 4) is 11.8 Å². The van der Waals surface area contributed by atoms with E-state index in [4.69, 9.17) is 22.1 Å². The molecule has 2 amide bonds. The van der Waals surface area contributed by atoms with Crippen LogP contribution in [0.15, 0.2) is 54.1 Å². The zero-order chi connectivity index (χ0) is 18.2. The molecule has 0 bridgehead atoms. The number of nitrogens with one attached hydrogen (secondary N) is 1. The lowest BCUT2D eigenvalue weighted by molar-refractivity contribution is -0.120. The second-order valence-electron chi connectivity index (χ2n) is 4.92. The van der Waals surface area contributed by atoms with Gasteiger partial charge in [-0.1, -0.05) is 29.8 Å². The fourth-order valence-electron chi connectivity index (χ4n) is 1.92. The van der Waals surface area contributed by atoms with Crippen molar-refractivity contribution in [3.63, 3.8) is 0 Å². The Labute approximate surface area is 149 Å². The minimum atomic E-state index is -0.625. The maximum atomic E-state index is 12.3. The van der Waals surface area contributed by atoms with Gasteiger partial charge >= 0.3 is 0 Å². The van der Waals surface area contributed by atoms with Crippen LogP contribution >= 0.6 is 11.6 Å². The zero-order valence-corrected chi connectivity index (χ0v) is 13.8. The van der Waals surface area contributed by atoms with E-state index < -0.39 is 11.8 Å². The monoisotopic (exact) mass is 355 g/mol. The minimum Gasteiger partial charge on any atom is -0.483 e. The number of primary amides is 1. The predicted octanol–water partition coefficient (Wildman–Crippen LogP) is 2.75. The van der Waals surface area contributed by atoms with Crippen LogP contribution in [0.5, 0.6) is 5.75 Å². The quantitative estimate of drug-likeness (QED) is 0.613. The van der Waals surface area contributed by atoms with E-state index in [-0.39, 0.29) is 12.2 Å². The Morgan fingerprint density at radius 1 is 1.20 bits per heavy atom. The summed E-state index contributed by atoms with van der Waals surface area (Å²) in [6.45, 7) is -0.302. The first kappa shape index (κ1) is 18.0. The van der Waals surface area contributed by atoms with Crippen LogP contribution in [0.4, 0.5) is 5.69 Å². The van der Waals surface area contributed by atoms with Gasteiger partial charge < -0.3 is 15.8 Å². The lowest BCUT2D eigenvalue weighted by atomic mass is 10.1. The molecule has 0 spiro atoms.